The molecule has 1 aromatic rings. The molecule has 18 heavy (non-hydrogen) atoms. The van der Waals surface area contributed by atoms with E-state index in [1.165, 1.54) is 13.0 Å². The maximum Gasteiger partial charge on any atom is 0.417 e. The molecule has 0 aliphatic rings. The first kappa shape index (κ1) is 15.3. The first-order valence-electron chi connectivity index (χ1n) is 5.17. The Bertz CT molecular complexity index is 511. The van der Waals surface area contributed by atoms with E-state index in [9.17, 15) is 21.6 Å². The molecule has 102 valence electrons. The third kappa shape index (κ3) is 3.17. The van der Waals surface area contributed by atoms with Gasteiger partial charge in [-0.2, -0.15) is 13.2 Å². The van der Waals surface area contributed by atoms with Crippen molar-refractivity contribution in [1.82, 2.24) is 0 Å². The van der Waals surface area contributed by atoms with E-state index in [1.807, 2.05) is 0 Å². The molecule has 0 saturated carbocycles. The fourth-order valence-electron chi connectivity index (χ4n) is 1.47. The van der Waals surface area contributed by atoms with Crippen molar-refractivity contribution >= 4 is 21.4 Å². The van der Waals surface area contributed by atoms with Crippen molar-refractivity contribution in [3.8, 4) is 0 Å². The van der Waals surface area contributed by atoms with Crippen molar-refractivity contribution < 1.29 is 21.6 Å². The Kier molecular flexibility index (Phi) is 4.66. The number of rotatable bonds is 4. The minimum absolute atomic E-state index is 0.0780. The quantitative estimate of drug-likeness (QED) is 0.798. The Morgan fingerprint density at radius 3 is 2.33 bits per heavy atom. The molecule has 0 amide bonds. The van der Waals surface area contributed by atoms with E-state index in [-0.39, 0.29) is 12.3 Å². The fourth-order valence-corrected chi connectivity index (χ4v) is 3.55. The number of sulfone groups is 1. The van der Waals surface area contributed by atoms with Crippen LogP contribution in [0.3, 0.4) is 0 Å². The first-order chi connectivity index (χ1) is 8.21. The van der Waals surface area contributed by atoms with Gasteiger partial charge >= 0.3 is 6.18 Å². The molecule has 1 rings (SSSR count). The number of benzene rings is 1. The predicted octanol–water partition coefficient (Wildman–Crippen LogP) is 3.50. The molecule has 1 atom stereocenters. The number of halogens is 4. The van der Waals surface area contributed by atoms with E-state index in [2.05, 4.69) is 0 Å². The SMILES string of the molecule is CC(CCCl)S(=O)(=O)c1ccccc1C(F)(F)F. The topological polar surface area (TPSA) is 34.1 Å². The van der Waals surface area contributed by atoms with Crippen molar-refractivity contribution in [2.24, 2.45) is 0 Å². The van der Waals surface area contributed by atoms with Gasteiger partial charge in [0.05, 0.1) is 15.7 Å². The lowest BCUT2D eigenvalue weighted by atomic mass is 10.2. The Morgan fingerprint density at radius 1 is 1.28 bits per heavy atom. The minimum atomic E-state index is -4.69. The predicted molar refractivity (Wildman–Crippen MR) is 63.4 cm³/mol. The molecular formula is C11H12ClF3O2S. The Balaban J connectivity index is 3.34. The highest BCUT2D eigenvalue weighted by Crippen LogP contribution is 2.35. The number of alkyl halides is 4. The van der Waals surface area contributed by atoms with E-state index in [0.29, 0.717) is 0 Å². The maximum atomic E-state index is 12.7. The molecule has 0 N–H and O–H groups in total. The average Bonchev–Trinajstić information content (AvgIpc) is 2.28. The van der Waals surface area contributed by atoms with Gasteiger partial charge in [0.2, 0.25) is 0 Å². The van der Waals surface area contributed by atoms with Gasteiger partial charge in [0.15, 0.2) is 9.84 Å². The van der Waals surface area contributed by atoms with Crippen LogP contribution in [-0.4, -0.2) is 19.5 Å². The van der Waals surface area contributed by atoms with Gasteiger partial charge in [-0.05, 0) is 25.5 Å². The van der Waals surface area contributed by atoms with Crippen LogP contribution < -0.4 is 0 Å². The van der Waals surface area contributed by atoms with Gasteiger partial charge in [-0.25, -0.2) is 8.42 Å². The van der Waals surface area contributed by atoms with Crippen LogP contribution in [0.25, 0.3) is 0 Å². The second-order valence-electron chi connectivity index (χ2n) is 3.83. The average molecular weight is 301 g/mol. The first-order valence-corrected chi connectivity index (χ1v) is 7.25. The summed E-state index contributed by atoms with van der Waals surface area (Å²) in [4.78, 5) is -0.685. The van der Waals surface area contributed by atoms with Crippen molar-refractivity contribution in [2.45, 2.75) is 29.7 Å². The molecule has 0 aromatic heterocycles. The summed E-state index contributed by atoms with van der Waals surface area (Å²) in [5.41, 5.74) is -1.13. The summed E-state index contributed by atoms with van der Waals surface area (Å²) in [6.07, 6.45) is -4.58. The third-order valence-corrected chi connectivity index (χ3v) is 5.03. The summed E-state index contributed by atoms with van der Waals surface area (Å²) in [6, 6.07) is 4.17. The Labute approximate surface area is 109 Å². The monoisotopic (exact) mass is 300 g/mol. The number of hydrogen-bond donors (Lipinski definition) is 0. The van der Waals surface area contributed by atoms with Gasteiger partial charge in [-0.15, -0.1) is 11.6 Å². The van der Waals surface area contributed by atoms with E-state index < -0.39 is 31.7 Å². The molecule has 0 radical (unpaired) electrons. The second kappa shape index (κ2) is 5.48. The summed E-state index contributed by atoms with van der Waals surface area (Å²) in [5.74, 6) is 0.0780. The van der Waals surface area contributed by atoms with Gasteiger partial charge in [-0.1, -0.05) is 12.1 Å². The van der Waals surface area contributed by atoms with Crippen LogP contribution in [0.2, 0.25) is 0 Å². The van der Waals surface area contributed by atoms with Crippen molar-refractivity contribution in [3.63, 3.8) is 0 Å². The lowest BCUT2D eigenvalue weighted by Gasteiger charge is -2.16. The summed E-state index contributed by atoms with van der Waals surface area (Å²) >= 11 is 5.43. The molecular weight excluding hydrogens is 289 g/mol. The van der Waals surface area contributed by atoms with E-state index in [1.54, 1.807) is 0 Å². The molecule has 1 unspecified atom stereocenters. The second-order valence-corrected chi connectivity index (χ2v) is 6.54. The van der Waals surface area contributed by atoms with Gasteiger partial charge in [0.25, 0.3) is 0 Å². The van der Waals surface area contributed by atoms with Crippen LogP contribution >= 0.6 is 11.6 Å². The summed E-state index contributed by atoms with van der Waals surface area (Å²) < 4.78 is 62.3. The van der Waals surface area contributed by atoms with Crippen LogP contribution in [0.1, 0.15) is 18.9 Å². The smallest absolute Gasteiger partial charge is 0.223 e. The van der Waals surface area contributed by atoms with Crippen molar-refractivity contribution in [3.05, 3.63) is 29.8 Å². The van der Waals surface area contributed by atoms with Crippen molar-refractivity contribution in [1.29, 1.82) is 0 Å². The van der Waals surface area contributed by atoms with Crippen LogP contribution in [0.15, 0.2) is 29.2 Å². The molecule has 0 fully saturated rings. The minimum Gasteiger partial charge on any atom is -0.223 e. The highest BCUT2D eigenvalue weighted by atomic mass is 35.5. The van der Waals surface area contributed by atoms with Crippen LogP contribution in [0.4, 0.5) is 13.2 Å². The normalized spacial score (nSPS) is 14.5. The zero-order chi connectivity index (χ0) is 14.0. The lowest BCUT2D eigenvalue weighted by molar-refractivity contribution is -0.139. The van der Waals surface area contributed by atoms with Gasteiger partial charge < -0.3 is 0 Å². The van der Waals surface area contributed by atoms with Crippen LogP contribution in [-0.2, 0) is 16.0 Å². The van der Waals surface area contributed by atoms with Crippen LogP contribution in [0, 0.1) is 0 Å². The molecule has 0 spiro atoms. The standard InChI is InChI=1S/C11H12ClF3O2S/c1-8(6-7-12)18(16,17)10-5-3-2-4-9(10)11(13,14)15/h2-5,8H,6-7H2,1H3. The molecule has 7 heteroatoms. The molecule has 0 heterocycles. The highest BCUT2D eigenvalue weighted by Gasteiger charge is 2.38. The summed E-state index contributed by atoms with van der Waals surface area (Å²) in [6.45, 7) is 1.35. The zero-order valence-electron chi connectivity index (χ0n) is 9.54. The maximum absolute atomic E-state index is 12.7. The molecule has 0 aliphatic carbocycles. The van der Waals surface area contributed by atoms with Gasteiger partial charge in [-0.3, -0.25) is 0 Å². The Hall–Kier alpha value is -0.750. The van der Waals surface area contributed by atoms with E-state index in [0.717, 1.165) is 18.2 Å². The summed E-state index contributed by atoms with van der Waals surface area (Å²) in [5, 5.41) is -0.946. The molecule has 0 bridgehead atoms. The third-order valence-electron chi connectivity index (χ3n) is 2.54. The van der Waals surface area contributed by atoms with Gasteiger partial charge in [0, 0.05) is 5.88 Å². The molecule has 2 nitrogen and oxygen atoms in total. The molecule has 0 saturated heterocycles. The number of hydrogen-bond acceptors (Lipinski definition) is 2. The molecule has 0 aliphatic heterocycles. The zero-order valence-corrected chi connectivity index (χ0v) is 11.1. The fraction of sp³-hybridized carbons (Fsp3) is 0.455. The largest absolute Gasteiger partial charge is 0.417 e. The van der Waals surface area contributed by atoms with E-state index >= 15 is 0 Å². The lowest BCUT2D eigenvalue weighted by Crippen LogP contribution is -2.22. The molecule has 1 aromatic carbocycles. The highest BCUT2D eigenvalue weighted by molar-refractivity contribution is 7.92. The van der Waals surface area contributed by atoms with Crippen molar-refractivity contribution in [2.75, 3.05) is 5.88 Å². The van der Waals surface area contributed by atoms with Crippen LogP contribution in [0.5, 0.6) is 0 Å². The Morgan fingerprint density at radius 2 is 1.83 bits per heavy atom. The van der Waals surface area contributed by atoms with E-state index in [4.69, 9.17) is 11.6 Å². The van der Waals surface area contributed by atoms with Gasteiger partial charge in [0.1, 0.15) is 0 Å². The summed E-state index contributed by atoms with van der Waals surface area (Å²) in [7, 11) is -4.02.